The number of aliphatic hydroxyl groups is 1. The number of aliphatic hydroxyl groups excluding tert-OH is 1. The van der Waals surface area contributed by atoms with Gasteiger partial charge in [-0.1, -0.05) is 25.3 Å². The zero-order chi connectivity index (χ0) is 7.82. The smallest absolute Gasteiger partial charge is 0.112 e. The Kier molecular flexibility index (Phi) is 5.48. The third kappa shape index (κ3) is 5.12. The lowest BCUT2D eigenvalue weighted by atomic mass is 10.4. The van der Waals surface area contributed by atoms with E-state index < -0.39 is 0 Å². The van der Waals surface area contributed by atoms with Crippen LogP contribution in [0.2, 0.25) is 0 Å². The monoisotopic (exact) mass is 140 g/mol. The van der Waals surface area contributed by atoms with Crippen molar-refractivity contribution in [3.05, 3.63) is 37.1 Å². The fraction of sp³-hybridized carbons (Fsp3) is 0.250. The number of ether oxygens (including phenoxy) is 1. The summed E-state index contributed by atoms with van der Waals surface area (Å²) in [4.78, 5) is 0. The summed E-state index contributed by atoms with van der Waals surface area (Å²) in [5.41, 5.74) is 0. The highest BCUT2D eigenvalue weighted by Crippen LogP contribution is 1.94. The second-order valence-corrected chi connectivity index (χ2v) is 1.63. The first-order valence-corrected chi connectivity index (χ1v) is 3.03. The summed E-state index contributed by atoms with van der Waals surface area (Å²) in [6.45, 7) is 7.35. The Hall–Kier alpha value is -1.02. The molecule has 0 spiro atoms. The molecule has 0 aromatic carbocycles. The van der Waals surface area contributed by atoms with Crippen LogP contribution < -0.4 is 0 Å². The zero-order valence-corrected chi connectivity index (χ0v) is 5.92. The highest BCUT2D eigenvalue weighted by molar-refractivity contribution is 5.12. The van der Waals surface area contributed by atoms with E-state index in [4.69, 9.17) is 9.84 Å². The van der Waals surface area contributed by atoms with Gasteiger partial charge in [-0.15, -0.1) is 0 Å². The highest BCUT2D eigenvalue weighted by atomic mass is 16.5. The molecule has 0 aliphatic rings. The summed E-state index contributed by atoms with van der Waals surface area (Å²) in [5.74, 6) is 0.536. The number of allylic oxidation sites excluding steroid dienone is 3. The van der Waals surface area contributed by atoms with Crippen LogP contribution in [0.5, 0.6) is 0 Å². The Labute approximate surface area is 61.1 Å². The maximum Gasteiger partial charge on any atom is 0.112 e. The summed E-state index contributed by atoms with van der Waals surface area (Å²) in [6, 6.07) is 0. The van der Waals surface area contributed by atoms with E-state index in [2.05, 4.69) is 13.2 Å². The Morgan fingerprint density at radius 3 is 2.80 bits per heavy atom. The van der Waals surface area contributed by atoms with Gasteiger partial charge in [-0.3, -0.25) is 0 Å². The van der Waals surface area contributed by atoms with Crippen molar-refractivity contribution >= 4 is 0 Å². The molecule has 56 valence electrons. The lowest BCUT2D eigenvalue weighted by molar-refractivity contribution is 0.153. The average molecular weight is 140 g/mol. The van der Waals surface area contributed by atoms with Crippen LogP contribution in [-0.2, 0) is 4.74 Å². The zero-order valence-electron chi connectivity index (χ0n) is 5.92. The van der Waals surface area contributed by atoms with E-state index in [1.165, 1.54) is 0 Å². The van der Waals surface area contributed by atoms with Gasteiger partial charge in [0, 0.05) is 0 Å². The minimum Gasteiger partial charge on any atom is -0.492 e. The first-order valence-electron chi connectivity index (χ1n) is 3.03. The van der Waals surface area contributed by atoms with Crippen molar-refractivity contribution in [3.8, 4) is 0 Å². The van der Waals surface area contributed by atoms with Crippen LogP contribution in [0.4, 0.5) is 0 Å². The summed E-state index contributed by atoms with van der Waals surface area (Å²) >= 11 is 0. The number of rotatable bonds is 5. The lowest BCUT2D eigenvalue weighted by Crippen LogP contribution is -1.96. The molecule has 2 heteroatoms. The second-order valence-electron chi connectivity index (χ2n) is 1.63. The van der Waals surface area contributed by atoms with Crippen LogP contribution in [0.15, 0.2) is 37.1 Å². The minimum atomic E-state index is 0.0148. The molecule has 0 aromatic rings. The van der Waals surface area contributed by atoms with Gasteiger partial charge in [-0.2, -0.15) is 0 Å². The van der Waals surface area contributed by atoms with Gasteiger partial charge in [0.1, 0.15) is 12.4 Å². The van der Waals surface area contributed by atoms with E-state index in [9.17, 15) is 0 Å². The van der Waals surface area contributed by atoms with Crippen molar-refractivity contribution in [3.63, 3.8) is 0 Å². The van der Waals surface area contributed by atoms with Gasteiger partial charge >= 0.3 is 0 Å². The molecule has 0 saturated carbocycles. The van der Waals surface area contributed by atoms with Crippen molar-refractivity contribution in [2.45, 2.75) is 0 Å². The van der Waals surface area contributed by atoms with E-state index >= 15 is 0 Å². The fourth-order valence-electron chi connectivity index (χ4n) is 0.400. The lowest BCUT2D eigenvalue weighted by Gasteiger charge is -2.00. The molecular weight excluding hydrogens is 128 g/mol. The van der Waals surface area contributed by atoms with Crippen molar-refractivity contribution in [1.29, 1.82) is 0 Å². The molecule has 0 saturated heterocycles. The molecule has 0 aromatic heterocycles. The molecule has 0 aliphatic heterocycles. The summed E-state index contributed by atoms with van der Waals surface area (Å²) in [7, 11) is 0. The SMILES string of the molecule is C=CC=CC(=C)OCCO. The van der Waals surface area contributed by atoms with Gasteiger partial charge in [0.25, 0.3) is 0 Å². The minimum absolute atomic E-state index is 0.0148. The first-order chi connectivity index (χ1) is 4.81. The molecule has 0 bridgehead atoms. The summed E-state index contributed by atoms with van der Waals surface area (Å²) in [6.07, 6.45) is 5.04. The first kappa shape index (κ1) is 8.98. The molecule has 0 unspecified atom stereocenters. The van der Waals surface area contributed by atoms with Gasteiger partial charge in [-0.05, 0) is 6.08 Å². The molecular formula is C8H12O2. The molecule has 0 fully saturated rings. The predicted octanol–water partition coefficient (Wildman–Crippen LogP) is 1.25. The Morgan fingerprint density at radius 1 is 1.60 bits per heavy atom. The van der Waals surface area contributed by atoms with Gasteiger partial charge in [0.2, 0.25) is 0 Å². The number of hydrogen-bond acceptors (Lipinski definition) is 2. The summed E-state index contributed by atoms with van der Waals surface area (Å²) in [5, 5.41) is 8.33. The maximum atomic E-state index is 8.33. The van der Waals surface area contributed by atoms with Crippen molar-refractivity contribution in [2.75, 3.05) is 13.2 Å². The van der Waals surface area contributed by atoms with Gasteiger partial charge in [0.05, 0.1) is 6.61 Å². The number of hydrogen-bond donors (Lipinski definition) is 1. The van der Waals surface area contributed by atoms with Crippen molar-refractivity contribution in [2.24, 2.45) is 0 Å². The third-order valence-corrected chi connectivity index (χ3v) is 0.797. The van der Waals surface area contributed by atoms with Crippen LogP contribution in [0.1, 0.15) is 0 Å². The summed E-state index contributed by atoms with van der Waals surface area (Å²) < 4.78 is 4.91. The normalized spacial score (nSPS) is 9.70. The fourth-order valence-corrected chi connectivity index (χ4v) is 0.400. The van der Waals surface area contributed by atoms with Gasteiger partial charge in [-0.25, -0.2) is 0 Å². The van der Waals surface area contributed by atoms with E-state index in [1.807, 2.05) is 0 Å². The molecule has 10 heavy (non-hydrogen) atoms. The van der Waals surface area contributed by atoms with Crippen molar-refractivity contribution in [1.82, 2.24) is 0 Å². The molecule has 0 heterocycles. The van der Waals surface area contributed by atoms with E-state index in [0.717, 1.165) is 0 Å². The Balaban J connectivity index is 3.43. The van der Waals surface area contributed by atoms with E-state index in [-0.39, 0.29) is 6.61 Å². The largest absolute Gasteiger partial charge is 0.492 e. The molecule has 0 radical (unpaired) electrons. The molecule has 0 rings (SSSR count). The maximum absolute atomic E-state index is 8.33. The molecule has 1 N–H and O–H groups in total. The van der Waals surface area contributed by atoms with Crippen LogP contribution in [0, 0.1) is 0 Å². The van der Waals surface area contributed by atoms with Crippen LogP contribution in [0.25, 0.3) is 0 Å². The second kappa shape index (κ2) is 6.11. The molecule has 0 amide bonds. The Bertz CT molecular complexity index is 136. The average Bonchev–Trinajstić information content (AvgIpc) is 1.97. The topological polar surface area (TPSA) is 29.5 Å². The quantitative estimate of drug-likeness (QED) is 0.460. The highest BCUT2D eigenvalue weighted by Gasteiger charge is 1.84. The predicted molar refractivity (Wildman–Crippen MR) is 41.5 cm³/mol. The van der Waals surface area contributed by atoms with Crippen LogP contribution in [-0.4, -0.2) is 18.3 Å². The molecule has 0 aliphatic carbocycles. The van der Waals surface area contributed by atoms with Crippen molar-refractivity contribution < 1.29 is 9.84 Å². The standard InChI is InChI=1S/C8H12O2/c1-3-4-5-8(2)10-7-6-9/h3-5,9H,1-2,6-7H2. The molecule has 0 atom stereocenters. The van der Waals surface area contributed by atoms with E-state index in [0.29, 0.717) is 12.4 Å². The van der Waals surface area contributed by atoms with Gasteiger partial charge in [0.15, 0.2) is 0 Å². The van der Waals surface area contributed by atoms with Gasteiger partial charge < -0.3 is 9.84 Å². The van der Waals surface area contributed by atoms with E-state index in [1.54, 1.807) is 18.2 Å². The van der Waals surface area contributed by atoms with Crippen LogP contribution >= 0.6 is 0 Å². The molecule has 2 nitrogen and oxygen atoms in total. The van der Waals surface area contributed by atoms with Crippen LogP contribution in [0.3, 0.4) is 0 Å². The Morgan fingerprint density at radius 2 is 2.30 bits per heavy atom. The third-order valence-electron chi connectivity index (χ3n) is 0.797.